The van der Waals surface area contributed by atoms with Gasteiger partial charge in [0, 0.05) is 147 Å². The number of aryl methyl sites for hydroxylation is 2. The van der Waals surface area contributed by atoms with Gasteiger partial charge in [-0.1, -0.05) is 143 Å². The van der Waals surface area contributed by atoms with Gasteiger partial charge < -0.3 is 80.6 Å². The first-order chi connectivity index (χ1) is 65.0. The number of hydrogen-bond donors (Lipinski definition) is 8. The number of fused-ring (bicyclic) bond motifs is 3. The lowest BCUT2D eigenvalue weighted by Gasteiger charge is -2.35. The molecule has 3 aliphatic heterocycles. The fourth-order valence-corrected chi connectivity index (χ4v) is 14.8. The number of urea groups is 1. The third kappa shape index (κ3) is 34.9. The normalized spacial score (nSPS) is 15.0. The number of H-pyrrole nitrogens is 1. The number of nitro groups is 1. The van der Waals surface area contributed by atoms with Crippen molar-refractivity contribution >= 4 is 156 Å². The molecule has 0 radical (unpaired) electrons. The number of esters is 1. The van der Waals surface area contributed by atoms with E-state index in [1.165, 1.54) is 24.5 Å². The molecule has 0 bridgehead atoms. The minimum absolute atomic E-state index is 0.0534. The minimum Gasteiger partial charge on any atom is -0.467 e. The van der Waals surface area contributed by atoms with Gasteiger partial charge in [-0.15, -0.1) is 24.5 Å². The first-order valence-electron chi connectivity index (χ1n) is 40.1. The number of aliphatic imine (C=N–C) groups is 3. The number of amidine groups is 1. The number of nitrogens with two attached hydrogens (primary N) is 1. The number of allylic oxidation sites excluding steroid dienone is 1. The van der Waals surface area contributed by atoms with Crippen molar-refractivity contribution in [1.82, 2.24) is 55.6 Å². The molecule has 2 unspecified atom stereocenters. The highest BCUT2D eigenvalue weighted by atomic mass is 79.9. The second-order valence-electron chi connectivity index (χ2n) is 28.6. The number of methoxy groups -OCH3 is 2. The summed E-state index contributed by atoms with van der Waals surface area (Å²) in [6.07, 6.45) is 2.30. The van der Waals surface area contributed by atoms with Crippen LogP contribution >= 0.6 is 96.9 Å². The number of guanidine groups is 2. The number of rotatable bonds is 19. The van der Waals surface area contributed by atoms with Crippen LogP contribution in [0.5, 0.6) is 5.75 Å². The smallest absolute Gasteiger partial charge is 0.467 e. The molecule has 50 heteroatoms. The van der Waals surface area contributed by atoms with Crippen molar-refractivity contribution in [3.8, 4) is 29.5 Å². The van der Waals surface area contributed by atoms with Gasteiger partial charge in [0.05, 0.1) is 53.0 Å². The van der Waals surface area contributed by atoms with Crippen LogP contribution in [0.2, 0.25) is 25.2 Å². The SMILES string of the molecule is C#CN=C(C)N(C)CC1C=CC(Cl)=NC1.C=C(N)NC(O)c1c(F)cccc1F.CC(F)(F)c1c[nH]c(=O)c(Cl)c1.CCOCn1c(-c2ccc(C)cc2)c(C=N)c(Br)c1C(F)(F)F.CN/C(=N\[N+](=O)[O-])NCc1cnc(C)s1.CN=C1NCCN1Cc1ccc(Cl)nc1.COC(=O)N(C(=O)N1CO[C@@]2(C(=O)OC)Cc3cc(Cl)ccc3C2=N1)c1ccc(OC(F)(F)F)cc1.Clc1cccc(Cl)c1. The number of carbonyl (C=O) groups excluding carboxylic acids is 3. The predicted molar refractivity (Wildman–Crippen MR) is 514 cm³/mol. The number of pyridine rings is 2. The number of halogens is 17. The molecular formula is C88H91BrCl6F10N20O12S. The summed E-state index contributed by atoms with van der Waals surface area (Å²) >= 11 is 38.5. The minimum atomic E-state index is -4.92. The Kier molecular flexibility index (Phi) is 44.8. The van der Waals surface area contributed by atoms with Gasteiger partial charge in [-0.2, -0.15) is 33.2 Å². The second-order valence-corrected chi connectivity index (χ2v) is 33.2. The standard InChI is InChI=1S/C22H17ClF3N3O7.C16H16BrF3N2O.C11H14ClN3.C10H13ClN4.C9H10F2N2O.C7H6ClF2NO.C7H11N5O2S.C6H4Cl2/c1-33-18(30)21-10-12-9-13(23)3-8-16(12)17(21)27-28(11-35-21)19(31)29(20(32)34-2)14-4-6-15(7-5-14)36-22(24,25)26;1-3-23-9-22-14(11-6-4-10(2)5-7-11)12(8-21)13(17)15(22)16(18,19)20;1-4-13-9(2)15(3)8-10-5-6-11(12)14-7-10;1-12-10-13-4-5-15(10)7-8-2-3-9(11)14-6-8;1-5(12)13-9(14)8-6(10)3-2-4-7(8)11;1-7(9,10)4-2-5(8)6(12)11-3-4;1-5-9-3-6(15-5)4-10-7(8-2)11-12(13)14;7-5-2-1-3-6(8)4-5/h3-9H,10-11H2,1-2H3;4-8,21H,3,9H2,1-2H3;1,5-6,10H,7-8H2,2-3H3;2-3,6H,4-5,7H2,1H3,(H,12,13);2-4,9,13-14H,1,12H2;2-3H,1H3,(H,11,12);3H,4H2,1-2H3,(H2,8,10,11);1-4H/t21-;;;;;;;/m0......./s1. The second kappa shape index (κ2) is 54.1. The van der Waals surface area contributed by atoms with Crippen LogP contribution in [0, 0.1) is 59.4 Å². The number of hydrazone groups is 2. The number of alkyl halides is 8. The summed E-state index contributed by atoms with van der Waals surface area (Å²) < 4.78 is 154. The summed E-state index contributed by atoms with van der Waals surface area (Å²) in [6, 6.07) is 32.2. The Bertz CT molecular complexity index is 5960. The molecule has 1 aliphatic carbocycles. The number of hydrogen-bond acceptors (Lipinski definition) is 22. The molecule has 1 fully saturated rings. The Morgan fingerprint density at radius 3 is 2.10 bits per heavy atom. The number of benzene rings is 5. The van der Waals surface area contributed by atoms with E-state index in [4.69, 9.17) is 101 Å². The van der Waals surface area contributed by atoms with Gasteiger partial charge in [-0.3, -0.25) is 14.8 Å². The number of ether oxygens (including phenoxy) is 5. The molecule has 9 aromatic rings. The fourth-order valence-electron chi connectivity index (χ4n) is 12.3. The van der Waals surface area contributed by atoms with E-state index in [2.05, 4.69) is 110 Å². The molecule has 0 saturated carbocycles. The van der Waals surface area contributed by atoms with Crippen molar-refractivity contribution in [1.29, 1.82) is 5.41 Å². The summed E-state index contributed by atoms with van der Waals surface area (Å²) in [6.45, 7) is 15.7. The number of dihydropyridines is 1. The van der Waals surface area contributed by atoms with E-state index < -0.39 is 94.3 Å². The van der Waals surface area contributed by atoms with Crippen LogP contribution in [0.1, 0.15) is 81.5 Å². The van der Waals surface area contributed by atoms with E-state index in [9.17, 15) is 78.3 Å². The molecule has 3 atom stereocenters. The van der Waals surface area contributed by atoms with Crippen LogP contribution < -0.4 is 42.2 Å². The van der Waals surface area contributed by atoms with Gasteiger partial charge in [-0.05, 0) is 145 Å². The maximum atomic E-state index is 13.5. The Morgan fingerprint density at radius 1 is 0.935 bits per heavy atom. The van der Waals surface area contributed by atoms with Crippen LogP contribution in [-0.2, 0) is 62.1 Å². The monoisotopic (exact) mass is 2130 g/mol. The van der Waals surface area contributed by atoms with Crippen molar-refractivity contribution in [3.05, 3.63) is 287 Å². The molecule has 9 N–H and O–H groups in total. The van der Waals surface area contributed by atoms with Crippen LogP contribution in [0.3, 0.4) is 0 Å². The molecule has 5 aromatic carbocycles. The molecule has 13 rings (SSSR count). The maximum Gasteiger partial charge on any atom is 0.573 e. The molecular weight excluding hydrogens is 2040 g/mol. The number of anilines is 1. The highest BCUT2D eigenvalue weighted by Gasteiger charge is 2.56. The first-order valence-corrected chi connectivity index (χ1v) is 44.0. The summed E-state index contributed by atoms with van der Waals surface area (Å²) in [4.78, 5) is 87.4. The average Bonchev–Trinajstić information content (AvgIpc) is 1.57. The third-order valence-corrected chi connectivity index (χ3v) is 21.9. The quantitative estimate of drug-likeness (QED) is 0.00429. The molecule has 4 aliphatic rings. The Morgan fingerprint density at radius 2 is 1.59 bits per heavy atom. The van der Waals surface area contributed by atoms with Gasteiger partial charge in [0.2, 0.25) is 5.60 Å². The molecule has 7 heterocycles. The highest BCUT2D eigenvalue weighted by molar-refractivity contribution is 9.10. The number of nitrogens with one attached hydrogen (secondary N) is 6. The van der Waals surface area contributed by atoms with E-state index in [0.29, 0.717) is 71.7 Å². The number of aliphatic hydroxyl groups excluding tert-OH is 1. The van der Waals surface area contributed by atoms with Crippen LogP contribution in [0.25, 0.3) is 11.3 Å². The fraction of sp³-hybridized carbons (Fsp3) is 0.295. The van der Waals surface area contributed by atoms with Gasteiger partial charge in [-0.25, -0.2) is 52.0 Å². The molecule has 740 valence electrons. The number of amides is 3. The Labute approximate surface area is 827 Å². The van der Waals surface area contributed by atoms with Gasteiger partial charge in [0.25, 0.3) is 17.4 Å². The van der Waals surface area contributed by atoms with Gasteiger partial charge in [0.15, 0.2) is 17.2 Å². The zero-order valence-corrected chi connectivity index (χ0v) is 81.7. The van der Waals surface area contributed by atoms with Crippen LogP contribution in [0.15, 0.2) is 205 Å². The summed E-state index contributed by atoms with van der Waals surface area (Å²) in [7, 11) is 7.51. The van der Waals surface area contributed by atoms with Crippen molar-refractivity contribution in [2.75, 3.05) is 79.8 Å². The Balaban J connectivity index is 0.000000252. The molecule has 0 spiro atoms. The van der Waals surface area contributed by atoms with Gasteiger partial charge in [0.1, 0.15) is 68.5 Å². The lowest BCUT2D eigenvalue weighted by atomic mass is 9.97. The summed E-state index contributed by atoms with van der Waals surface area (Å²) in [5.74, 6) is -3.74. The van der Waals surface area contributed by atoms with E-state index in [1.54, 1.807) is 81.9 Å². The zero-order valence-electron chi connectivity index (χ0n) is 74.8. The molecule has 32 nitrogen and oxygen atoms in total. The highest BCUT2D eigenvalue weighted by Crippen LogP contribution is 2.44. The van der Waals surface area contributed by atoms with Crippen molar-refractivity contribution in [3.63, 3.8) is 0 Å². The summed E-state index contributed by atoms with van der Waals surface area (Å²) in [5, 5.41) is 48.8. The van der Waals surface area contributed by atoms with E-state index in [1.807, 2.05) is 69.1 Å². The lowest BCUT2D eigenvalue weighted by Crippen LogP contribution is -2.56. The van der Waals surface area contributed by atoms with Crippen molar-refractivity contribution < 1.29 is 92.1 Å². The number of carbonyl (C=O) groups is 3. The maximum absolute atomic E-state index is 13.5. The predicted octanol–water partition coefficient (Wildman–Crippen LogP) is 18.6. The average molecular weight is 2140 g/mol. The zero-order chi connectivity index (χ0) is 103. The summed E-state index contributed by atoms with van der Waals surface area (Å²) in [5.41, 5.74) is 5.60. The van der Waals surface area contributed by atoms with Crippen LogP contribution in [0.4, 0.5) is 59.2 Å². The number of nitrogens with zero attached hydrogens (tertiary/aromatic N) is 13. The number of aromatic nitrogens is 4. The lowest BCUT2D eigenvalue weighted by molar-refractivity contribution is -0.485. The molecule has 138 heavy (non-hydrogen) atoms. The van der Waals surface area contributed by atoms with Crippen molar-refractivity contribution in [2.45, 2.75) is 91.1 Å². The molecule has 1 saturated heterocycles. The number of terminal acetylenes is 1. The van der Waals surface area contributed by atoms with E-state index >= 15 is 0 Å². The number of imide groups is 1. The third-order valence-electron chi connectivity index (χ3n) is 18.7. The first kappa shape index (κ1) is 114. The number of aliphatic hydroxyl groups is 1. The Hall–Kier alpha value is -12.4. The molecule has 4 aromatic heterocycles. The number of thiazole rings is 1. The van der Waals surface area contributed by atoms with Crippen molar-refractivity contribution in [2.24, 2.45) is 36.8 Å². The van der Waals surface area contributed by atoms with Gasteiger partial charge >= 0.3 is 30.6 Å². The van der Waals surface area contributed by atoms with Crippen LogP contribution in [-0.4, -0.2) is 184 Å². The number of aromatic amines is 1. The van der Waals surface area contributed by atoms with E-state index in [-0.39, 0.29) is 57.0 Å². The molecule has 3 amide bonds. The van der Waals surface area contributed by atoms with E-state index in [0.717, 1.165) is 144 Å². The topological polar surface area (TPSA) is 397 Å². The largest absolute Gasteiger partial charge is 0.573 e.